The van der Waals surface area contributed by atoms with E-state index in [1.54, 1.807) is 6.92 Å². The molecule has 3 heteroatoms. The molecule has 10 heavy (non-hydrogen) atoms. The first-order valence-electron chi connectivity index (χ1n) is 3.31. The van der Waals surface area contributed by atoms with Gasteiger partial charge in [0.25, 0.3) is 0 Å². The van der Waals surface area contributed by atoms with E-state index in [9.17, 15) is 4.79 Å². The van der Waals surface area contributed by atoms with Crippen molar-refractivity contribution in [2.24, 2.45) is 0 Å². The smallest absolute Gasteiger partial charge is 0.308 e. The molecular weight excluding hydrogens is 132 g/mol. The van der Waals surface area contributed by atoms with Crippen molar-refractivity contribution in [1.82, 2.24) is 0 Å². The van der Waals surface area contributed by atoms with E-state index < -0.39 is 6.29 Å². The number of esters is 1. The van der Waals surface area contributed by atoms with Crippen LogP contribution < -0.4 is 0 Å². The number of rotatable bonds is 4. The summed E-state index contributed by atoms with van der Waals surface area (Å²) in [5.41, 5.74) is 0. The van der Waals surface area contributed by atoms with Crippen molar-refractivity contribution in [2.75, 3.05) is 6.61 Å². The van der Waals surface area contributed by atoms with Gasteiger partial charge in [-0.1, -0.05) is 0 Å². The molecule has 1 atom stereocenters. The monoisotopic (exact) mass is 145 g/mol. The summed E-state index contributed by atoms with van der Waals surface area (Å²) >= 11 is 0. The lowest BCUT2D eigenvalue weighted by atomic mass is 10.5. The van der Waals surface area contributed by atoms with Crippen molar-refractivity contribution in [3.05, 3.63) is 6.92 Å². The fraction of sp³-hybridized carbons (Fsp3) is 0.714. The van der Waals surface area contributed by atoms with Crippen molar-refractivity contribution >= 4 is 5.97 Å². The Kier molecular flexibility index (Phi) is 4.94. The predicted octanol–water partition coefficient (Wildman–Crippen LogP) is 1.14. The summed E-state index contributed by atoms with van der Waals surface area (Å²) in [6.45, 7) is 7.44. The van der Waals surface area contributed by atoms with Gasteiger partial charge < -0.3 is 9.47 Å². The highest BCUT2D eigenvalue weighted by Crippen LogP contribution is 1.94. The second kappa shape index (κ2) is 5.23. The average Bonchev–Trinajstić information content (AvgIpc) is 1.88. The molecule has 0 aliphatic heterocycles. The minimum atomic E-state index is -0.445. The van der Waals surface area contributed by atoms with E-state index in [2.05, 4.69) is 6.92 Å². The molecule has 0 aromatic heterocycles. The number of ether oxygens (including phenoxy) is 2. The van der Waals surface area contributed by atoms with Gasteiger partial charge in [-0.3, -0.25) is 4.79 Å². The standard InChI is InChI=1S/C7H13O3/c1-4-7(8)10-6(3)9-5-2/h6H,1,4-5H2,2-3H3. The molecule has 3 nitrogen and oxygen atoms in total. The molecule has 1 radical (unpaired) electrons. The third-order valence-corrected chi connectivity index (χ3v) is 0.903. The Hall–Kier alpha value is -0.570. The lowest BCUT2D eigenvalue weighted by Crippen LogP contribution is -2.17. The summed E-state index contributed by atoms with van der Waals surface area (Å²) in [4.78, 5) is 10.5. The molecule has 0 aliphatic carbocycles. The van der Waals surface area contributed by atoms with E-state index in [1.165, 1.54) is 0 Å². The minimum Gasteiger partial charge on any atom is -0.436 e. The van der Waals surface area contributed by atoms with Gasteiger partial charge in [-0.25, -0.2) is 0 Å². The van der Waals surface area contributed by atoms with Crippen molar-refractivity contribution in [1.29, 1.82) is 0 Å². The Morgan fingerprint density at radius 3 is 2.70 bits per heavy atom. The van der Waals surface area contributed by atoms with E-state index in [0.29, 0.717) is 6.61 Å². The molecule has 0 aromatic carbocycles. The first-order chi connectivity index (χ1) is 4.70. The molecule has 0 saturated carbocycles. The van der Waals surface area contributed by atoms with Crippen LogP contribution in [0.25, 0.3) is 0 Å². The van der Waals surface area contributed by atoms with Crippen LogP contribution in [0.15, 0.2) is 0 Å². The van der Waals surface area contributed by atoms with Crippen LogP contribution in [0.4, 0.5) is 0 Å². The number of hydrogen-bond donors (Lipinski definition) is 0. The first-order valence-corrected chi connectivity index (χ1v) is 3.31. The number of carbonyl (C=O) groups is 1. The number of hydrogen-bond acceptors (Lipinski definition) is 3. The SMILES string of the molecule is [CH2]CC(=O)OC(C)OCC. The molecule has 0 amide bonds. The Morgan fingerprint density at radius 1 is 1.70 bits per heavy atom. The predicted molar refractivity (Wildman–Crippen MR) is 37.2 cm³/mol. The minimum absolute atomic E-state index is 0.150. The summed E-state index contributed by atoms with van der Waals surface area (Å²) in [6.07, 6.45) is -0.295. The van der Waals surface area contributed by atoms with Gasteiger partial charge in [0, 0.05) is 13.0 Å². The Labute approximate surface area is 61.3 Å². The molecule has 0 saturated heterocycles. The molecule has 0 rings (SSSR count). The lowest BCUT2D eigenvalue weighted by molar-refractivity contribution is -0.172. The zero-order chi connectivity index (χ0) is 7.98. The van der Waals surface area contributed by atoms with Gasteiger partial charge in [-0.2, -0.15) is 0 Å². The highest BCUT2D eigenvalue weighted by molar-refractivity contribution is 5.69. The fourth-order valence-corrected chi connectivity index (χ4v) is 0.513. The van der Waals surface area contributed by atoms with E-state index >= 15 is 0 Å². The third kappa shape index (κ3) is 4.32. The summed E-state index contributed by atoms with van der Waals surface area (Å²) in [5.74, 6) is -0.332. The van der Waals surface area contributed by atoms with Crippen LogP contribution in [0.2, 0.25) is 0 Å². The highest BCUT2D eigenvalue weighted by atomic mass is 16.7. The molecule has 0 heterocycles. The van der Waals surface area contributed by atoms with Crippen LogP contribution in [0, 0.1) is 6.92 Å². The van der Waals surface area contributed by atoms with Crippen LogP contribution in [0.3, 0.4) is 0 Å². The van der Waals surface area contributed by atoms with E-state index in [4.69, 9.17) is 9.47 Å². The summed E-state index contributed by atoms with van der Waals surface area (Å²) in [6, 6.07) is 0. The second-order valence-corrected chi connectivity index (χ2v) is 1.76. The van der Waals surface area contributed by atoms with Crippen LogP contribution in [0.5, 0.6) is 0 Å². The molecule has 59 valence electrons. The molecular formula is C7H13O3. The van der Waals surface area contributed by atoms with Crippen molar-refractivity contribution in [3.63, 3.8) is 0 Å². The molecule has 0 aromatic rings. The van der Waals surface area contributed by atoms with Crippen LogP contribution in [0.1, 0.15) is 20.3 Å². The van der Waals surface area contributed by atoms with Crippen molar-refractivity contribution < 1.29 is 14.3 Å². The van der Waals surface area contributed by atoms with Gasteiger partial charge in [-0.05, 0) is 20.8 Å². The zero-order valence-electron chi connectivity index (χ0n) is 6.42. The molecule has 0 spiro atoms. The van der Waals surface area contributed by atoms with E-state index in [0.717, 1.165) is 0 Å². The maximum Gasteiger partial charge on any atom is 0.308 e. The molecule has 1 unspecified atom stereocenters. The lowest BCUT2D eigenvalue weighted by Gasteiger charge is -2.11. The molecule has 0 fully saturated rings. The van der Waals surface area contributed by atoms with Crippen molar-refractivity contribution in [3.8, 4) is 0 Å². The van der Waals surface area contributed by atoms with E-state index in [1.807, 2.05) is 6.92 Å². The summed E-state index contributed by atoms with van der Waals surface area (Å²) in [7, 11) is 0. The molecule has 0 aliphatic rings. The van der Waals surface area contributed by atoms with Gasteiger partial charge in [0.2, 0.25) is 0 Å². The average molecular weight is 145 g/mol. The first kappa shape index (κ1) is 9.43. The third-order valence-electron chi connectivity index (χ3n) is 0.903. The Morgan fingerprint density at radius 2 is 2.30 bits per heavy atom. The van der Waals surface area contributed by atoms with Gasteiger partial charge in [0.1, 0.15) is 0 Å². The van der Waals surface area contributed by atoms with Crippen LogP contribution in [-0.2, 0) is 14.3 Å². The largest absolute Gasteiger partial charge is 0.436 e. The maximum atomic E-state index is 10.5. The van der Waals surface area contributed by atoms with E-state index in [-0.39, 0.29) is 12.4 Å². The molecule has 0 bridgehead atoms. The van der Waals surface area contributed by atoms with Crippen LogP contribution >= 0.6 is 0 Å². The topological polar surface area (TPSA) is 35.5 Å². The van der Waals surface area contributed by atoms with Crippen molar-refractivity contribution in [2.45, 2.75) is 26.6 Å². The van der Waals surface area contributed by atoms with Gasteiger partial charge >= 0.3 is 5.97 Å². The Bertz CT molecular complexity index is 101. The summed E-state index contributed by atoms with van der Waals surface area (Å²) < 4.78 is 9.66. The van der Waals surface area contributed by atoms with Crippen LogP contribution in [-0.4, -0.2) is 18.9 Å². The molecule has 0 N–H and O–H groups in total. The normalized spacial score (nSPS) is 12.7. The van der Waals surface area contributed by atoms with Gasteiger partial charge in [0.15, 0.2) is 6.29 Å². The quantitative estimate of drug-likeness (QED) is 0.439. The number of carbonyl (C=O) groups excluding carboxylic acids is 1. The highest BCUT2D eigenvalue weighted by Gasteiger charge is 2.04. The Balaban J connectivity index is 3.37. The fourth-order valence-electron chi connectivity index (χ4n) is 0.513. The second-order valence-electron chi connectivity index (χ2n) is 1.76. The maximum absolute atomic E-state index is 10.5. The zero-order valence-corrected chi connectivity index (χ0v) is 6.42. The summed E-state index contributed by atoms with van der Waals surface area (Å²) in [5, 5.41) is 0. The van der Waals surface area contributed by atoms with Gasteiger partial charge in [0.05, 0.1) is 0 Å². The van der Waals surface area contributed by atoms with Gasteiger partial charge in [-0.15, -0.1) is 0 Å².